The second kappa shape index (κ2) is 9.20. The summed E-state index contributed by atoms with van der Waals surface area (Å²) < 4.78 is 1.62. The molecule has 3 rings (SSSR count). The normalized spacial score (nSPS) is 21.5. The van der Waals surface area contributed by atoms with Crippen LogP contribution < -0.4 is 10.6 Å². The van der Waals surface area contributed by atoms with E-state index in [1.165, 1.54) is 0 Å². The van der Waals surface area contributed by atoms with Crippen molar-refractivity contribution in [1.29, 1.82) is 0 Å². The molecule has 2 aliphatic rings. The Bertz CT molecular complexity index is 577. The van der Waals surface area contributed by atoms with Crippen LogP contribution in [-0.2, 0) is 11.8 Å². The van der Waals surface area contributed by atoms with E-state index >= 15 is 0 Å². The molecule has 2 aliphatic heterocycles. The largest absolute Gasteiger partial charge is 0.352 e. The Hall–Kier alpha value is -1.60. The fraction of sp³-hybridized carbons (Fsp3) is 0.706. The van der Waals surface area contributed by atoms with Crippen molar-refractivity contribution < 1.29 is 9.59 Å². The van der Waals surface area contributed by atoms with Crippen LogP contribution in [0.15, 0.2) is 12.4 Å². The number of carbonyl (C=O) groups excluding carboxylic acids is 2. The minimum Gasteiger partial charge on any atom is -0.352 e. The van der Waals surface area contributed by atoms with Crippen LogP contribution in [0.1, 0.15) is 36.0 Å². The third-order valence-corrected chi connectivity index (χ3v) is 5.09. The Morgan fingerprint density at radius 3 is 2.68 bits per heavy atom. The Kier molecular flexibility index (Phi) is 7.25. The van der Waals surface area contributed by atoms with Crippen molar-refractivity contribution in [2.45, 2.75) is 25.7 Å². The molecule has 0 spiro atoms. The summed E-state index contributed by atoms with van der Waals surface area (Å²) in [6.07, 6.45) is 7.31. The van der Waals surface area contributed by atoms with E-state index < -0.39 is 0 Å². The number of aromatic nitrogens is 2. The van der Waals surface area contributed by atoms with E-state index in [4.69, 9.17) is 0 Å². The summed E-state index contributed by atoms with van der Waals surface area (Å²) in [5.41, 5.74) is 0.593. The SMILES string of the molecule is Cl.Cn1cc(C(=O)NCC2CCN(C(=O)C3CCCNC3)CC2)cn1. The van der Waals surface area contributed by atoms with Crippen molar-refractivity contribution in [3.8, 4) is 0 Å². The molecule has 0 aromatic carbocycles. The summed E-state index contributed by atoms with van der Waals surface area (Å²) in [4.78, 5) is 26.6. The number of carbonyl (C=O) groups is 2. The second-order valence-corrected chi connectivity index (χ2v) is 6.92. The highest BCUT2D eigenvalue weighted by molar-refractivity contribution is 5.93. The standard InChI is InChI=1S/C17H27N5O2.ClH/c1-21-12-15(11-20-21)16(23)19-9-13-4-7-22(8-5-13)17(24)14-3-2-6-18-10-14;/h11-14,18H,2-10H2,1H3,(H,19,23);1H. The van der Waals surface area contributed by atoms with E-state index in [0.29, 0.717) is 23.9 Å². The monoisotopic (exact) mass is 369 g/mol. The van der Waals surface area contributed by atoms with Crippen LogP contribution in [-0.4, -0.2) is 59.2 Å². The number of likely N-dealkylation sites (tertiary alicyclic amines) is 1. The first kappa shape index (κ1) is 19.7. The maximum atomic E-state index is 12.5. The lowest BCUT2D eigenvalue weighted by Gasteiger charge is -2.35. The number of rotatable bonds is 4. The Morgan fingerprint density at radius 2 is 2.08 bits per heavy atom. The van der Waals surface area contributed by atoms with Gasteiger partial charge in [0.2, 0.25) is 5.91 Å². The summed E-state index contributed by atoms with van der Waals surface area (Å²) >= 11 is 0. The molecule has 2 fully saturated rings. The van der Waals surface area contributed by atoms with Crippen LogP contribution in [0, 0.1) is 11.8 Å². The van der Waals surface area contributed by atoms with Crippen LogP contribution >= 0.6 is 12.4 Å². The number of hydrogen-bond acceptors (Lipinski definition) is 4. The van der Waals surface area contributed by atoms with E-state index in [9.17, 15) is 9.59 Å². The molecule has 8 heteroatoms. The molecule has 0 saturated carbocycles. The summed E-state index contributed by atoms with van der Waals surface area (Å²) in [5, 5.41) is 10.3. The lowest BCUT2D eigenvalue weighted by Crippen LogP contribution is -2.47. The van der Waals surface area contributed by atoms with Gasteiger partial charge in [-0.15, -0.1) is 12.4 Å². The fourth-order valence-electron chi connectivity index (χ4n) is 3.56. The van der Waals surface area contributed by atoms with Gasteiger partial charge in [0, 0.05) is 39.4 Å². The molecule has 25 heavy (non-hydrogen) atoms. The van der Waals surface area contributed by atoms with Gasteiger partial charge in [0.25, 0.3) is 5.91 Å². The molecule has 140 valence electrons. The molecule has 7 nitrogen and oxygen atoms in total. The lowest BCUT2D eigenvalue weighted by molar-refractivity contribution is -0.137. The average Bonchev–Trinajstić information content (AvgIpc) is 3.07. The first-order valence-corrected chi connectivity index (χ1v) is 8.90. The molecule has 0 bridgehead atoms. The fourth-order valence-corrected chi connectivity index (χ4v) is 3.56. The number of hydrogen-bond donors (Lipinski definition) is 2. The molecule has 2 N–H and O–H groups in total. The van der Waals surface area contributed by atoms with Crippen molar-refractivity contribution >= 4 is 24.2 Å². The maximum Gasteiger partial charge on any atom is 0.254 e. The molecule has 0 radical (unpaired) electrons. The molecule has 1 unspecified atom stereocenters. The third-order valence-electron chi connectivity index (χ3n) is 5.09. The number of piperidine rings is 2. The van der Waals surface area contributed by atoms with Gasteiger partial charge in [-0.1, -0.05) is 0 Å². The van der Waals surface area contributed by atoms with E-state index in [0.717, 1.165) is 51.9 Å². The van der Waals surface area contributed by atoms with Crippen molar-refractivity contribution in [3.05, 3.63) is 18.0 Å². The van der Waals surface area contributed by atoms with Gasteiger partial charge in [-0.2, -0.15) is 5.10 Å². The summed E-state index contributed by atoms with van der Waals surface area (Å²) in [6, 6.07) is 0. The lowest BCUT2D eigenvalue weighted by atomic mass is 9.93. The highest BCUT2D eigenvalue weighted by Crippen LogP contribution is 2.20. The van der Waals surface area contributed by atoms with Crippen molar-refractivity contribution in [2.24, 2.45) is 18.9 Å². The molecule has 2 saturated heterocycles. The predicted molar refractivity (Wildman–Crippen MR) is 97.7 cm³/mol. The van der Waals surface area contributed by atoms with Gasteiger partial charge in [0.15, 0.2) is 0 Å². The van der Waals surface area contributed by atoms with Crippen molar-refractivity contribution in [1.82, 2.24) is 25.3 Å². The summed E-state index contributed by atoms with van der Waals surface area (Å²) in [7, 11) is 1.80. The molecular weight excluding hydrogens is 342 g/mol. The van der Waals surface area contributed by atoms with E-state index in [-0.39, 0.29) is 24.2 Å². The summed E-state index contributed by atoms with van der Waals surface area (Å²) in [6.45, 7) is 4.13. The minimum absolute atomic E-state index is 0. The Balaban J connectivity index is 0.00000225. The van der Waals surface area contributed by atoms with Gasteiger partial charge in [0.1, 0.15) is 0 Å². The number of aryl methyl sites for hydroxylation is 1. The van der Waals surface area contributed by atoms with E-state index in [2.05, 4.69) is 15.7 Å². The molecule has 1 aromatic heterocycles. The zero-order chi connectivity index (χ0) is 16.9. The topological polar surface area (TPSA) is 79.3 Å². The molecule has 3 heterocycles. The van der Waals surface area contributed by atoms with Gasteiger partial charge < -0.3 is 15.5 Å². The number of halogens is 1. The van der Waals surface area contributed by atoms with Crippen LogP contribution in [0.2, 0.25) is 0 Å². The van der Waals surface area contributed by atoms with Crippen LogP contribution in [0.5, 0.6) is 0 Å². The third kappa shape index (κ3) is 5.19. The smallest absolute Gasteiger partial charge is 0.254 e. The second-order valence-electron chi connectivity index (χ2n) is 6.92. The van der Waals surface area contributed by atoms with Crippen molar-refractivity contribution in [3.63, 3.8) is 0 Å². The first-order chi connectivity index (χ1) is 11.6. The van der Waals surface area contributed by atoms with E-state index in [1.807, 2.05) is 4.90 Å². The predicted octanol–water partition coefficient (Wildman–Crippen LogP) is 0.810. The molecule has 1 atom stereocenters. The van der Waals surface area contributed by atoms with Crippen molar-refractivity contribution in [2.75, 3.05) is 32.7 Å². The van der Waals surface area contributed by atoms with Gasteiger partial charge >= 0.3 is 0 Å². The first-order valence-electron chi connectivity index (χ1n) is 8.90. The molecule has 0 aliphatic carbocycles. The Labute approximate surface area is 154 Å². The molecule has 1 aromatic rings. The molecular formula is C17H28ClN5O2. The zero-order valence-electron chi connectivity index (χ0n) is 14.7. The Morgan fingerprint density at radius 1 is 1.32 bits per heavy atom. The summed E-state index contributed by atoms with van der Waals surface area (Å²) in [5.74, 6) is 0.828. The zero-order valence-corrected chi connectivity index (χ0v) is 15.6. The quantitative estimate of drug-likeness (QED) is 0.823. The number of nitrogens with zero attached hydrogens (tertiary/aromatic N) is 3. The highest BCUT2D eigenvalue weighted by Gasteiger charge is 2.29. The van der Waals surface area contributed by atoms with Crippen LogP contribution in [0.3, 0.4) is 0 Å². The molecule has 2 amide bonds. The van der Waals surface area contributed by atoms with Gasteiger partial charge in [-0.3, -0.25) is 14.3 Å². The highest BCUT2D eigenvalue weighted by atomic mass is 35.5. The number of amides is 2. The van der Waals surface area contributed by atoms with Gasteiger partial charge in [-0.05, 0) is 38.1 Å². The minimum atomic E-state index is -0.0742. The van der Waals surface area contributed by atoms with E-state index in [1.54, 1.807) is 24.1 Å². The maximum absolute atomic E-state index is 12.5. The number of nitrogens with one attached hydrogen (secondary N) is 2. The van der Waals surface area contributed by atoms with Crippen LogP contribution in [0.4, 0.5) is 0 Å². The van der Waals surface area contributed by atoms with Gasteiger partial charge in [0.05, 0.1) is 17.7 Å². The van der Waals surface area contributed by atoms with Gasteiger partial charge in [-0.25, -0.2) is 0 Å². The van der Waals surface area contributed by atoms with Crippen LogP contribution in [0.25, 0.3) is 0 Å². The average molecular weight is 370 g/mol.